The summed E-state index contributed by atoms with van der Waals surface area (Å²) in [5.41, 5.74) is 2.57. The van der Waals surface area contributed by atoms with Crippen molar-refractivity contribution in [2.24, 2.45) is 4.40 Å². The van der Waals surface area contributed by atoms with Gasteiger partial charge < -0.3 is 0 Å². The maximum absolute atomic E-state index is 12.2. The van der Waals surface area contributed by atoms with E-state index in [1.165, 1.54) is 0 Å². The smallest absolute Gasteiger partial charge is 0.199 e. The largest absolute Gasteiger partial charge is 0.282 e. The van der Waals surface area contributed by atoms with Crippen LogP contribution in [0.15, 0.2) is 57.8 Å². The van der Waals surface area contributed by atoms with Gasteiger partial charge in [0, 0.05) is 0 Å². The quantitative estimate of drug-likeness (QED) is 0.818. The zero-order valence-electron chi connectivity index (χ0n) is 11.7. The van der Waals surface area contributed by atoms with Crippen LogP contribution in [0.3, 0.4) is 0 Å². The molecular formula is C16H14N2O2S. The standard InChI is InChI=1S/C16H14N2O2S/c1-12-3-9-16(10-4-12)21(19,20)18-13(2)15-7-5-14(11-17)6-8-15/h3-10H,1-2H3/b18-13-. The van der Waals surface area contributed by atoms with Crippen LogP contribution in [-0.4, -0.2) is 14.1 Å². The van der Waals surface area contributed by atoms with E-state index >= 15 is 0 Å². The first kappa shape index (κ1) is 14.9. The van der Waals surface area contributed by atoms with Crippen LogP contribution >= 0.6 is 0 Å². The summed E-state index contributed by atoms with van der Waals surface area (Å²) in [5.74, 6) is 0. The van der Waals surface area contributed by atoms with Crippen molar-refractivity contribution >= 4 is 15.7 Å². The minimum absolute atomic E-state index is 0.168. The fourth-order valence-corrected chi connectivity index (χ4v) is 2.83. The van der Waals surface area contributed by atoms with E-state index in [1.54, 1.807) is 55.5 Å². The fourth-order valence-electron chi connectivity index (χ4n) is 1.78. The van der Waals surface area contributed by atoms with Gasteiger partial charge in [-0.05, 0) is 43.7 Å². The lowest BCUT2D eigenvalue weighted by Gasteiger charge is -2.03. The molecule has 0 heterocycles. The Morgan fingerprint density at radius 1 is 1.05 bits per heavy atom. The third-order valence-electron chi connectivity index (χ3n) is 3.01. The first-order valence-electron chi connectivity index (χ1n) is 6.31. The van der Waals surface area contributed by atoms with Crippen molar-refractivity contribution in [2.75, 3.05) is 0 Å². The summed E-state index contributed by atoms with van der Waals surface area (Å²) in [7, 11) is -3.72. The van der Waals surface area contributed by atoms with Crippen LogP contribution in [0.5, 0.6) is 0 Å². The van der Waals surface area contributed by atoms with Gasteiger partial charge in [0.1, 0.15) is 0 Å². The van der Waals surface area contributed by atoms with E-state index in [9.17, 15) is 8.42 Å². The summed E-state index contributed by atoms with van der Waals surface area (Å²) in [5, 5.41) is 8.75. The molecule has 0 aliphatic heterocycles. The molecule has 21 heavy (non-hydrogen) atoms. The summed E-state index contributed by atoms with van der Waals surface area (Å²) in [6.07, 6.45) is 0. The van der Waals surface area contributed by atoms with Crippen molar-refractivity contribution in [3.8, 4) is 6.07 Å². The molecule has 0 bridgehead atoms. The Labute approximate surface area is 124 Å². The highest BCUT2D eigenvalue weighted by atomic mass is 32.2. The van der Waals surface area contributed by atoms with Crippen LogP contribution < -0.4 is 0 Å². The first-order valence-corrected chi connectivity index (χ1v) is 7.75. The molecule has 0 unspecified atom stereocenters. The van der Waals surface area contributed by atoms with Crippen LogP contribution in [0.2, 0.25) is 0 Å². The molecule has 106 valence electrons. The van der Waals surface area contributed by atoms with Crippen molar-refractivity contribution in [2.45, 2.75) is 18.7 Å². The molecule has 2 aromatic carbocycles. The van der Waals surface area contributed by atoms with Gasteiger partial charge in [-0.25, -0.2) is 0 Å². The Balaban J connectivity index is 2.36. The Kier molecular flexibility index (Phi) is 4.20. The lowest BCUT2D eigenvalue weighted by atomic mass is 10.1. The normalized spacial score (nSPS) is 12.0. The molecule has 0 fully saturated rings. The molecule has 0 aliphatic carbocycles. The second-order valence-electron chi connectivity index (χ2n) is 4.65. The Bertz CT molecular complexity index is 812. The molecule has 0 atom stereocenters. The second kappa shape index (κ2) is 5.90. The number of hydrogen-bond donors (Lipinski definition) is 0. The van der Waals surface area contributed by atoms with E-state index in [-0.39, 0.29) is 4.90 Å². The topological polar surface area (TPSA) is 70.3 Å². The average molecular weight is 298 g/mol. The summed E-state index contributed by atoms with van der Waals surface area (Å²) in [6.45, 7) is 3.52. The minimum Gasteiger partial charge on any atom is -0.199 e. The minimum atomic E-state index is -3.72. The van der Waals surface area contributed by atoms with Crippen LogP contribution in [0, 0.1) is 18.3 Å². The highest BCUT2D eigenvalue weighted by Gasteiger charge is 2.13. The van der Waals surface area contributed by atoms with Gasteiger partial charge in [0.15, 0.2) is 0 Å². The Hall–Kier alpha value is -2.45. The van der Waals surface area contributed by atoms with Crippen molar-refractivity contribution in [3.63, 3.8) is 0 Å². The molecular weight excluding hydrogens is 284 g/mol. The summed E-state index contributed by atoms with van der Waals surface area (Å²) in [6, 6.07) is 15.2. The Morgan fingerprint density at radius 2 is 1.62 bits per heavy atom. The summed E-state index contributed by atoms with van der Waals surface area (Å²) in [4.78, 5) is 0.168. The average Bonchev–Trinajstić information content (AvgIpc) is 2.47. The van der Waals surface area contributed by atoms with Gasteiger partial charge in [-0.1, -0.05) is 29.8 Å². The van der Waals surface area contributed by atoms with Gasteiger partial charge in [0.05, 0.1) is 22.2 Å². The predicted octanol–water partition coefficient (Wildman–Crippen LogP) is 3.06. The predicted molar refractivity (Wildman–Crippen MR) is 81.7 cm³/mol. The van der Waals surface area contributed by atoms with Crippen LogP contribution in [0.25, 0.3) is 0 Å². The molecule has 0 N–H and O–H groups in total. The molecule has 0 saturated heterocycles. The van der Waals surface area contributed by atoms with E-state index < -0.39 is 10.0 Å². The van der Waals surface area contributed by atoms with Crippen LogP contribution in [0.4, 0.5) is 0 Å². The molecule has 0 amide bonds. The molecule has 2 aromatic rings. The lowest BCUT2D eigenvalue weighted by molar-refractivity contribution is 0.598. The third-order valence-corrected chi connectivity index (χ3v) is 4.39. The van der Waals surface area contributed by atoms with Gasteiger partial charge in [0.25, 0.3) is 10.0 Å². The molecule has 0 radical (unpaired) electrons. The molecule has 0 aromatic heterocycles. The van der Waals surface area contributed by atoms with Crippen molar-refractivity contribution in [1.82, 2.24) is 0 Å². The number of hydrogen-bond acceptors (Lipinski definition) is 3. The SMILES string of the molecule is C/C(=N/S(=O)(=O)c1ccc(C)cc1)c1ccc(C#N)cc1. The summed E-state index contributed by atoms with van der Waals surface area (Å²) >= 11 is 0. The summed E-state index contributed by atoms with van der Waals surface area (Å²) < 4.78 is 28.3. The maximum atomic E-state index is 12.2. The van der Waals surface area contributed by atoms with Gasteiger partial charge in [-0.15, -0.1) is 0 Å². The monoisotopic (exact) mass is 298 g/mol. The fraction of sp³-hybridized carbons (Fsp3) is 0.125. The van der Waals surface area contributed by atoms with E-state index in [2.05, 4.69) is 4.40 Å². The number of nitrogens with zero attached hydrogens (tertiary/aromatic N) is 2. The number of benzene rings is 2. The Morgan fingerprint density at radius 3 is 2.14 bits per heavy atom. The van der Waals surface area contributed by atoms with E-state index in [0.29, 0.717) is 16.8 Å². The van der Waals surface area contributed by atoms with Gasteiger partial charge >= 0.3 is 0 Å². The number of rotatable bonds is 3. The van der Waals surface area contributed by atoms with Crippen molar-refractivity contribution in [3.05, 3.63) is 65.2 Å². The molecule has 4 nitrogen and oxygen atoms in total. The molecule has 2 rings (SSSR count). The zero-order valence-corrected chi connectivity index (χ0v) is 12.6. The molecule has 0 saturated carbocycles. The van der Waals surface area contributed by atoms with Crippen LogP contribution in [-0.2, 0) is 10.0 Å². The molecule has 5 heteroatoms. The lowest BCUT2D eigenvalue weighted by Crippen LogP contribution is -2.03. The number of sulfonamides is 1. The second-order valence-corrected chi connectivity index (χ2v) is 6.26. The van der Waals surface area contributed by atoms with E-state index in [0.717, 1.165) is 5.56 Å². The van der Waals surface area contributed by atoms with Crippen molar-refractivity contribution in [1.29, 1.82) is 5.26 Å². The van der Waals surface area contributed by atoms with Gasteiger partial charge in [-0.2, -0.15) is 18.1 Å². The highest BCUT2D eigenvalue weighted by Crippen LogP contribution is 2.15. The molecule has 0 aliphatic rings. The first-order chi connectivity index (χ1) is 9.92. The third kappa shape index (κ3) is 3.56. The van der Waals surface area contributed by atoms with E-state index in [1.807, 2.05) is 13.0 Å². The van der Waals surface area contributed by atoms with Crippen LogP contribution in [0.1, 0.15) is 23.6 Å². The zero-order chi connectivity index (χ0) is 15.5. The van der Waals surface area contributed by atoms with E-state index in [4.69, 9.17) is 5.26 Å². The number of aryl methyl sites for hydroxylation is 1. The van der Waals surface area contributed by atoms with Crippen molar-refractivity contribution < 1.29 is 8.42 Å². The van der Waals surface area contributed by atoms with Gasteiger partial charge in [0.2, 0.25) is 0 Å². The highest BCUT2D eigenvalue weighted by molar-refractivity contribution is 7.90. The molecule has 0 spiro atoms. The number of nitriles is 1. The van der Waals surface area contributed by atoms with Gasteiger partial charge in [-0.3, -0.25) is 0 Å². The maximum Gasteiger partial charge on any atom is 0.282 e.